The van der Waals surface area contributed by atoms with E-state index in [0.29, 0.717) is 9.49 Å². The van der Waals surface area contributed by atoms with Crippen molar-refractivity contribution in [1.29, 1.82) is 0 Å². The molecular weight excluding hydrogens is 373 g/mol. The maximum Gasteiger partial charge on any atom is 0.173 e. The molecule has 0 rings (SSSR count). The first-order chi connectivity index (χ1) is 8.33. The number of carbonyl (C=O) groups is 2. The summed E-state index contributed by atoms with van der Waals surface area (Å²) < 4.78 is 0.771. The van der Waals surface area contributed by atoms with Crippen molar-refractivity contribution in [3.63, 3.8) is 0 Å². The average Bonchev–Trinajstić information content (AvgIpc) is 2.08. The predicted molar refractivity (Wildman–Crippen MR) is 83.4 cm³/mol. The Morgan fingerprint density at radius 2 is 1.35 bits per heavy atom. The normalized spacial score (nSPS) is 10.7. The maximum atomic E-state index is 9.37. The molecular formula is C13H24O4S2Y-2. The second-order valence-corrected chi connectivity index (χ2v) is 9.28. The third kappa shape index (κ3) is 31.2. The molecule has 2 N–H and O–H groups in total. The van der Waals surface area contributed by atoms with Gasteiger partial charge in [0.2, 0.25) is 0 Å². The van der Waals surface area contributed by atoms with Gasteiger partial charge in [0, 0.05) is 37.5 Å². The Kier molecular flexibility index (Phi) is 15.6. The van der Waals surface area contributed by atoms with Crippen molar-refractivity contribution in [2.45, 2.75) is 51.0 Å². The van der Waals surface area contributed by atoms with E-state index >= 15 is 0 Å². The van der Waals surface area contributed by atoms with Gasteiger partial charge in [-0.15, -0.1) is 5.75 Å². The monoisotopic (exact) mass is 397 g/mol. The number of carboxylic acid groups (broad SMARTS) is 2. The van der Waals surface area contributed by atoms with Crippen LogP contribution in [0.25, 0.3) is 0 Å². The first-order valence-electron chi connectivity index (χ1n) is 5.77. The topological polar surface area (TPSA) is 74.6 Å². The second kappa shape index (κ2) is 12.2. The summed E-state index contributed by atoms with van der Waals surface area (Å²) in [6, 6.07) is 0. The second-order valence-electron chi connectivity index (χ2n) is 5.64. The van der Waals surface area contributed by atoms with Gasteiger partial charge in [0.05, 0.1) is 0 Å². The zero-order valence-electron chi connectivity index (χ0n) is 13.0. The molecule has 0 aliphatic heterocycles. The Morgan fingerprint density at radius 3 is 1.55 bits per heavy atom. The smallest absolute Gasteiger partial charge is 0.173 e. The van der Waals surface area contributed by atoms with Gasteiger partial charge in [-0.05, 0) is 4.75 Å². The third-order valence-corrected chi connectivity index (χ3v) is 3.72. The van der Waals surface area contributed by atoms with Gasteiger partial charge in [-0.3, -0.25) is 15.3 Å². The van der Waals surface area contributed by atoms with Gasteiger partial charge in [0.1, 0.15) is 0 Å². The summed E-state index contributed by atoms with van der Waals surface area (Å²) in [6.45, 7) is 13.5. The van der Waals surface area contributed by atoms with Crippen LogP contribution >= 0.6 is 23.5 Å². The fraction of sp³-hybridized carbons (Fsp3) is 0.692. The Hall–Kier alpha value is 0.614. The number of thioether (sulfide) groups is 2. The van der Waals surface area contributed by atoms with E-state index in [0.717, 1.165) is 5.75 Å². The van der Waals surface area contributed by atoms with E-state index in [9.17, 15) is 9.59 Å². The molecule has 0 saturated heterocycles. The summed E-state index contributed by atoms with van der Waals surface area (Å²) >= 11 is 3.93. The van der Waals surface area contributed by atoms with Crippen molar-refractivity contribution < 1.29 is 52.5 Å². The molecule has 0 saturated carbocycles. The number of rotatable bonds is 5. The van der Waals surface area contributed by atoms with Crippen molar-refractivity contribution in [3.8, 4) is 0 Å². The standard InChI is InChI=1S/C10H21S2.C3H3O4.Y/c1-9(2,3)11-7-8-12-10(4,5)6;4-2(5)1-3(6)7;/h7H,8H2,1-6H3;1H,(H,4,5)(H,6,7);/q2*-1;. The number of aliphatic carboxylic acids is 2. The van der Waals surface area contributed by atoms with Crippen molar-refractivity contribution in [2.24, 2.45) is 0 Å². The van der Waals surface area contributed by atoms with E-state index in [1.165, 1.54) is 0 Å². The molecule has 0 amide bonds. The summed E-state index contributed by atoms with van der Waals surface area (Å²) in [7, 11) is 0. The zero-order chi connectivity index (χ0) is 15.7. The number of hydrogen-bond donors (Lipinski definition) is 2. The van der Waals surface area contributed by atoms with Crippen LogP contribution < -0.4 is 0 Å². The maximum absolute atomic E-state index is 9.37. The largest absolute Gasteiger partial charge is 0.503 e. The van der Waals surface area contributed by atoms with Crippen molar-refractivity contribution in [3.05, 3.63) is 12.2 Å². The molecule has 0 bridgehead atoms. The molecule has 20 heavy (non-hydrogen) atoms. The van der Waals surface area contributed by atoms with Crippen LogP contribution in [0.1, 0.15) is 41.5 Å². The van der Waals surface area contributed by atoms with Crippen LogP contribution in [0.15, 0.2) is 0 Å². The summed E-state index contributed by atoms with van der Waals surface area (Å²) in [5.41, 5.74) is 0. The molecule has 4 nitrogen and oxygen atoms in total. The van der Waals surface area contributed by atoms with Crippen LogP contribution in [0.3, 0.4) is 0 Å². The van der Waals surface area contributed by atoms with Crippen molar-refractivity contribution >= 4 is 35.5 Å². The molecule has 0 unspecified atom stereocenters. The molecule has 0 aliphatic carbocycles. The minimum absolute atomic E-state index is 0. The minimum Gasteiger partial charge on any atom is -0.503 e. The zero-order valence-corrected chi connectivity index (χ0v) is 17.4. The first-order valence-corrected chi connectivity index (χ1v) is 7.64. The van der Waals surface area contributed by atoms with Crippen molar-refractivity contribution in [1.82, 2.24) is 0 Å². The van der Waals surface area contributed by atoms with Gasteiger partial charge in [0.15, 0.2) is 11.9 Å². The Morgan fingerprint density at radius 1 is 0.950 bits per heavy atom. The van der Waals surface area contributed by atoms with Crippen LogP contribution in [0, 0.1) is 12.2 Å². The fourth-order valence-electron chi connectivity index (χ4n) is 0.674. The van der Waals surface area contributed by atoms with Crippen LogP contribution in [-0.2, 0) is 42.3 Å². The van der Waals surface area contributed by atoms with E-state index in [1.54, 1.807) is 0 Å². The third-order valence-electron chi connectivity index (χ3n) is 1.27. The summed E-state index contributed by atoms with van der Waals surface area (Å²) in [5.74, 6) is 0.585. The van der Waals surface area contributed by atoms with Crippen LogP contribution in [-0.4, -0.2) is 37.4 Å². The molecule has 0 aliphatic rings. The SMILES string of the molecule is CC(C)(C)S[CH-]CSC(C)(C)C.O=C(O)[CH-]C(=O)O.[Y]. The van der Waals surface area contributed by atoms with E-state index in [2.05, 4.69) is 47.3 Å². The average molecular weight is 397 g/mol. The molecule has 0 heterocycles. The number of carboxylic acids is 2. The van der Waals surface area contributed by atoms with E-state index in [4.69, 9.17) is 10.2 Å². The molecule has 7 heteroatoms. The van der Waals surface area contributed by atoms with E-state index in [1.807, 2.05) is 23.5 Å². The van der Waals surface area contributed by atoms with Crippen molar-refractivity contribution in [2.75, 3.05) is 5.75 Å². The molecule has 0 aromatic carbocycles. The quantitative estimate of drug-likeness (QED) is 0.420. The van der Waals surface area contributed by atoms with E-state index < -0.39 is 11.9 Å². The molecule has 117 valence electrons. The number of hydrogen-bond acceptors (Lipinski definition) is 4. The minimum atomic E-state index is -1.44. The van der Waals surface area contributed by atoms with Crippen LogP contribution in [0.4, 0.5) is 0 Å². The van der Waals surface area contributed by atoms with E-state index in [-0.39, 0.29) is 39.1 Å². The molecule has 0 aromatic rings. The molecule has 0 aromatic heterocycles. The molecule has 0 atom stereocenters. The summed E-state index contributed by atoms with van der Waals surface area (Å²) in [6.07, 6.45) is 0.167. The molecule has 0 spiro atoms. The molecule has 1 radical (unpaired) electrons. The Balaban J connectivity index is -0.000000312. The van der Waals surface area contributed by atoms with Gasteiger partial charge in [-0.25, -0.2) is 0 Å². The Bertz CT molecular complexity index is 255. The van der Waals surface area contributed by atoms with Gasteiger partial charge >= 0.3 is 0 Å². The summed E-state index contributed by atoms with van der Waals surface area (Å²) in [5, 5.41) is 15.3. The van der Waals surface area contributed by atoms with Gasteiger partial charge in [0.25, 0.3) is 0 Å². The van der Waals surface area contributed by atoms with Crippen LogP contribution in [0.5, 0.6) is 0 Å². The predicted octanol–water partition coefficient (Wildman–Crippen LogP) is 3.57. The van der Waals surface area contributed by atoms with Crippen LogP contribution in [0.2, 0.25) is 0 Å². The summed E-state index contributed by atoms with van der Waals surface area (Å²) in [4.78, 5) is 18.7. The first kappa shape index (κ1) is 25.6. The Labute approximate surface area is 156 Å². The van der Waals surface area contributed by atoms with Gasteiger partial charge in [-0.1, -0.05) is 41.5 Å². The van der Waals surface area contributed by atoms with Gasteiger partial charge in [-0.2, -0.15) is 18.2 Å². The van der Waals surface area contributed by atoms with Gasteiger partial charge < -0.3 is 22.0 Å². The fourth-order valence-corrected chi connectivity index (χ4v) is 2.22. The molecule has 0 fully saturated rings.